The van der Waals surface area contributed by atoms with Crippen LogP contribution >= 0.6 is 0 Å². The third-order valence-corrected chi connectivity index (χ3v) is 7.86. The number of halogens is 1. The number of amides is 1. The van der Waals surface area contributed by atoms with Crippen LogP contribution in [0.1, 0.15) is 35.7 Å². The van der Waals surface area contributed by atoms with E-state index in [0.29, 0.717) is 37.3 Å². The molecule has 0 radical (unpaired) electrons. The number of ether oxygens (including phenoxy) is 1. The molecule has 1 spiro atoms. The van der Waals surface area contributed by atoms with E-state index in [0.717, 1.165) is 17.7 Å². The molecule has 1 amide bonds. The van der Waals surface area contributed by atoms with Crippen LogP contribution in [-0.4, -0.2) is 33.6 Å². The van der Waals surface area contributed by atoms with Gasteiger partial charge in [0.25, 0.3) is 10.0 Å². The van der Waals surface area contributed by atoms with E-state index in [1.807, 2.05) is 6.92 Å². The SMILES string of the molecule is CC1N(S(=O)(=O)c2ccc(F)cc2)c2ccc(C(N)=O)cc2C12CCOCC2. The van der Waals surface area contributed by atoms with Gasteiger partial charge in [-0.05, 0) is 67.8 Å². The lowest BCUT2D eigenvalue weighted by Gasteiger charge is -2.39. The van der Waals surface area contributed by atoms with Gasteiger partial charge < -0.3 is 10.5 Å². The number of rotatable bonds is 3. The lowest BCUT2D eigenvalue weighted by atomic mass is 9.71. The standard InChI is InChI=1S/C20H21FN2O4S/c1-13-20(8-10-27-11-9-20)17-12-14(19(22)24)2-7-18(17)23(13)28(25,26)16-5-3-15(21)4-6-16/h2-7,12-13H,8-11H2,1H3,(H2,22,24). The number of benzene rings is 2. The summed E-state index contributed by atoms with van der Waals surface area (Å²) in [7, 11) is -3.92. The maximum Gasteiger partial charge on any atom is 0.264 e. The summed E-state index contributed by atoms with van der Waals surface area (Å²) in [5.41, 5.74) is 6.66. The van der Waals surface area contributed by atoms with Gasteiger partial charge >= 0.3 is 0 Å². The fraction of sp³-hybridized carbons (Fsp3) is 0.350. The molecule has 6 nitrogen and oxygen atoms in total. The molecule has 8 heteroatoms. The molecule has 2 N–H and O–H groups in total. The first-order chi connectivity index (χ1) is 13.3. The van der Waals surface area contributed by atoms with Crippen molar-refractivity contribution in [1.82, 2.24) is 0 Å². The Bertz CT molecular complexity index is 1030. The van der Waals surface area contributed by atoms with E-state index in [-0.39, 0.29) is 10.9 Å². The molecule has 0 aliphatic carbocycles. The van der Waals surface area contributed by atoms with Crippen LogP contribution in [0.2, 0.25) is 0 Å². The van der Waals surface area contributed by atoms with Gasteiger partial charge in [-0.15, -0.1) is 0 Å². The highest BCUT2D eigenvalue weighted by molar-refractivity contribution is 7.92. The normalized spacial score (nSPS) is 20.9. The number of sulfonamides is 1. The van der Waals surface area contributed by atoms with Crippen molar-refractivity contribution in [2.24, 2.45) is 5.73 Å². The smallest absolute Gasteiger partial charge is 0.264 e. The van der Waals surface area contributed by atoms with Crippen LogP contribution < -0.4 is 10.0 Å². The monoisotopic (exact) mass is 404 g/mol. The van der Waals surface area contributed by atoms with Crippen molar-refractivity contribution in [2.45, 2.75) is 36.1 Å². The summed E-state index contributed by atoms with van der Waals surface area (Å²) in [6.07, 6.45) is 1.28. The molecule has 1 unspecified atom stereocenters. The Hall–Kier alpha value is -2.45. The molecule has 148 valence electrons. The van der Waals surface area contributed by atoms with Crippen LogP contribution in [0.5, 0.6) is 0 Å². The maximum absolute atomic E-state index is 13.4. The van der Waals surface area contributed by atoms with Crippen molar-refractivity contribution < 1.29 is 22.3 Å². The average molecular weight is 404 g/mol. The quantitative estimate of drug-likeness (QED) is 0.851. The number of hydrogen-bond donors (Lipinski definition) is 1. The van der Waals surface area contributed by atoms with Gasteiger partial charge in [0.05, 0.1) is 16.6 Å². The van der Waals surface area contributed by atoms with Crippen molar-refractivity contribution in [1.29, 1.82) is 0 Å². The molecule has 0 aromatic heterocycles. The molecule has 2 aromatic carbocycles. The topological polar surface area (TPSA) is 89.7 Å². The minimum Gasteiger partial charge on any atom is -0.381 e. The summed E-state index contributed by atoms with van der Waals surface area (Å²) in [4.78, 5) is 11.7. The summed E-state index contributed by atoms with van der Waals surface area (Å²) in [6, 6.07) is 9.30. The molecule has 2 aliphatic heterocycles. The van der Waals surface area contributed by atoms with Crippen molar-refractivity contribution in [3.05, 3.63) is 59.4 Å². The predicted molar refractivity (Wildman–Crippen MR) is 102 cm³/mol. The number of carbonyl (C=O) groups is 1. The number of fused-ring (bicyclic) bond motifs is 2. The molecule has 2 aliphatic rings. The van der Waals surface area contributed by atoms with Crippen molar-refractivity contribution in [3.8, 4) is 0 Å². The minimum absolute atomic E-state index is 0.0230. The number of nitrogens with two attached hydrogens (primary N) is 1. The number of hydrogen-bond acceptors (Lipinski definition) is 4. The molecule has 1 fully saturated rings. The van der Waals surface area contributed by atoms with Gasteiger partial charge in [0.15, 0.2) is 0 Å². The number of primary amides is 1. The van der Waals surface area contributed by atoms with Crippen molar-refractivity contribution >= 4 is 21.6 Å². The maximum atomic E-state index is 13.4. The third-order valence-electron chi connectivity index (χ3n) is 5.96. The lowest BCUT2D eigenvalue weighted by molar-refractivity contribution is 0.0465. The van der Waals surface area contributed by atoms with Crippen molar-refractivity contribution in [2.75, 3.05) is 17.5 Å². The van der Waals surface area contributed by atoms with Crippen LogP contribution in [0.4, 0.5) is 10.1 Å². The van der Waals surface area contributed by atoms with E-state index in [2.05, 4.69) is 0 Å². The average Bonchev–Trinajstić information content (AvgIpc) is 2.91. The summed E-state index contributed by atoms with van der Waals surface area (Å²) < 4.78 is 47.1. The van der Waals surface area contributed by atoms with Gasteiger partial charge in [-0.2, -0.15) is 0 Å². The third kappa shape index (κ3) is 2.70. The van der Waals surface area contributed by atoms with E-state index < -0.39 is 27.2 Å². The number of anilines is 1. The number of carbonyl (C=O) groups excluding carboxylic acids is 1. The minimum atomic E-state index is -3.92. The highest BCUT2D eigenvalue weighted by Crippen LogP contribution is 2.52. The Morgan fingerprint density at radius 1 is 1.18 bits per heavy atom. The summed E-state index contributed by atoms with van der Waals surface area (Å²) in [5.74, 6) is -1.06. The largest absolute Gasteiger partial charge is 0.381 e. The predicted octanol–water partition coefficient (Wildman–Crippen LogP) is 2.57. The van der Waals surface area contributed by atoms with E-state index in [4.69, 9.17) is 10.5 Å². The van der Waals surface area contributed by atoms with Gasteiger partial charge in [-0.3, -0.25) is 9.10 Å². The summed E-state index contributed by atoms with van der Waals surface area (Å²) >= 11 is 0. The van der Waals surface area contributed by atoms with Gasteiger partial charge in [-0.1, -0.05) is 0 Å². The molecule has 2 aromatic rings. The first kappa shape index (κ1) is 18.9. The first-order valence-electron chi connectivity index (χ1n) is 9.09. The number of nitrogens with zero attached hydrogens (tertiary/aromatic N) is 1. The lowest BCUT2D eigenvalue weighted by Crippen LogP contribution is -2.48. The van der Waals surface area contributed by atoms with Crippen LogP contribution in [0.25, 0.3) is 0 Å². The highest BCUT2D eigenvalue weighted by atomic mass is 32.2. The van der Waals surface area contributed by atoms with Gasteiger partial charge in [0.2, 0.25) is 5.91 Å². The van der Waals surface area contributed by atoms with Crippen LogP contribution in [0, 0.1) is 5.82 Å². The Morgan fingerprint density at radius 3 is 2.43 bits per heavy atom. The molecule has 2 heterocycles. The second kappa shape index (κ2) is 6.56. The molecule has 4 rings (SSSR count). The van der Waals surface area contributed by atoms with Gasteiger partial charge in [0, 0.05) is 24.2 Å². The van der Waals surface area contributed by atoms with E-state index in [1.54, 1.807) is 18.2 Å². The zero-order chi connectivity index (χ0) is 20.1. The summed E-state index contributed by atoms with van der Waals surface area (Å²) in [5, 5.41) is 0. The molecule has 1 atom stereocenters. The molecule has 0 saturated carbocycles. The zero-order valence-corrected chi connectivity index (χ0v) is 16.2. The molecule has 28 heavy (non-hydrogen) atoms. The highest BCUT2D eigenvalue weighted by Gasteiger charge is 2.53. The Kier molecular flexibility index (Phi) is 4.43. The van der Waals surface area contributed by atoms with Crippen LogP contribution in [-0.2, 0) is 20.2 Å². The van der Waals surface area contributed by atoms with Crippen molar-refractivity contribution in [3.63, 3.8) is 0 Å². The Balaban J connectivity index is 1.90. The molecular formula is C20H21FN2O4S. The first-order valence-corrected chi connectivity index (χ1v) is 10.5. The Labute approximate surface area is 163 Å². The molecule has 1 saturated heterocycles. The summed E-state index contributed by atoms with van der Waals surface area (Å²) in [6.45, 7) is 2.89. The Morgan fingerprint density at radius 2 is 1.82 bits per heavy atom. The van der Waals surface area contributed by atoms with Crippen LogP contribution in [0.3, 0.4) is 0 Å². The van der Waals surface area contributed by atoms with Gasteiger partial charge in [0.1, 0.15) is 5.82 Å². The second-order valence-electron chi connectivity index (χ2n) is 7.30. The van der Waals surface area contributed by atoms with E-state index in [9.17, 15) is 17.6 Å². The second-order valence-corrected chi connectivity index (χ2v) is 9.11. The molecular weight excluding hydrogens is 383 g/mol. The molecule has 0 bridgehead atoms. The van der Waals surface area contributed by atoms with Crippen LogP contribution in [0.15, 0.2) is 47.4 Å². The fourth-order valence-corrected chi connectivity index (χ4v) is 6.16. The van der Waals surface area contributed by atoms with E-state index in [1.165, 1.54) is 16.4 Å². The van der Waals surface area contributed by atoms with Gasteiger partial charge in [-0.25, -0.2) is 12.8 Å². The zero-order valence-electron chi connectivity index (χ0n) is 15.4. The van der Waals surface area contributed by atoms with E-state index >= 15 is 0 Å². The fourth-order valence-electron chi connectivity index (χ4n) is 4.42.